The van der Waals surface area contributed by atoms with E-state index >= 15 is 0 Å². The van der Waals surface area contributed by atoms with Crippen molar-refractivity contribution < 1.29 is 0 Å². The van der Waals surface area contributed by atoms with Crippen LogP contribution in [0.3, 0.4) is 0 Å². The Morgan fingerprint density at radius 3 is 1.30 bits per heavy atom. The predicted octanol–water partition coefficient (Wildman–Crippen LogP) is 14.3. The highest BCUT2D eigenvalue weighted by atomic mass is 28.3. The molecular weight excluding hydrogens is 849 g/mol. The third-order valence-electron chi connectivity index (χ3n) is 14.3. The Labute approximate surface area is 403 Å². The maximum Gasteiger partial charge on any atom is 0.180 e. The average molecular weight is 895 g/mol. The van der Waals surface area contributed by atoms with Gasteiger partial charge in [-0.05, 0) is 79.4 Å². The summed E-state index contributed by atoms with van der Waals surface area (Å²) in [4.78, 5) is 0. The molecule has 13 aromatic rings. The van der Waals surface area contributed by atoms with Crippen LogP contribution in [0.2, 0.25) is 0 Å². The molecule has 13 rings (SSSR count). The zero-order chi connectivity index (χ0) is 45.7. The molecular formula is C66H46N2Si. The van der Waals surface area contributed by atoms with Crippen LogP contribution in [0.15, 0.2) is 279 Å². The standard InChI is InChI=1S/C66H46N2Si/c1-7-23-47(24-8-1)50-41-43-58-57-35-19-20-38-60(57)67(63(58)45-50)51-42-44-61-59(46-51)65-62(68(61)66-55(48-25-9-2-10-26-48)36-21-37-56(66)49-27-11-3-12-28-49)39-22-40-64(65)69(52-29-13-4-14-30-52,53-31-15-5-16-32-53)54-33-17-6-18-34-54/h1-46H. The molecule has 0 aliphatic rings. The van der Waals surface area contributed by atoms with Crippen LogP contribution in [0.1, 0.15) is 0 Å². The lowest BCUT2D eigenvalue weighted by Crippen LogP contribution is -2.74. The number of aromatic nitrogens is 2. The number of para-hydroxylation sites is 2. The minimum atomic E-state index is -3.06. The molecule has 2 heterocycles. The first kappa shape index (κ1) is 40.5. The van der Waals surface area contributed by atoms with Crippen molar-refractivity contribution in [3.05, 3.63) is 279 Å². The zero-order valence-electron chi connectivity index (χ0n) is 38.0. The summed E-state index contributed by atoms with van der Waals surface area (Å²) in [6.45, 7) is 0. The van der Waals surface area contributed by atoms with Gasteiger partial charge in [-0.2, -0.15) is 0 Å². The van der Waals surface area contributed by atoms with Gasteiger partial charge in [0.15, 0.2) is 8.07 Å². The van der Waals surface area contributed by atoms with Crippen molar-refractivity contribution in [2.45, 2.75) is 0 Å². The van der Waals surface area contributed by atoms with Crippen molar-refractivity contribution in [2.75, 3.05) is 0 Å². The molecule has 0 aliphatic heterocycles. The Morgan fingerprint density at radius 1 is 0.261 bits per heavy atom. The molecule has 11 aromatic carbocycles. The van der Waals surface area contributed by atoms with Gasteiger partial charge in [-0.3, -0.25) is 0 Å². The molecule has 0 saturated heterocycles. The molecule has 0 fully saturated rings. The van der Waals surface area contributed by atoms with Crippen LogP contribution in [0, 0.1) is 0 Å². The lowest BCUT2D eigenvalue weighted by Gasteiger charge is -2.35. The van der Waals surface area contributed by atoms with E-state index in [1.165, 1.54) is 92.2 Å². The first-order valence-corrected chi connectivity index (χ1v) is 25.8. The van der Waals surface area contributed by atoms with Crippen molar-refractivity contribution in [3.63, 3.8) is 0 Å². The molecule has 0 atom stereocenters. The Hall–Kier alpha value is -8.76. The first-order valence-electron chi connectivity index (χ1n) is 23.8. The van der Waals surface area contributed by atoms with Gasteiger partial charge in [0.25, 0.3) is 0 Å². The van der Waals surface area contributed by atoms with Gasteiger partial charge in [-0.1, -0.05) is 243 Å². The monoisotopic (exact) mass is 894 g/mol. The quantitative estimate of drug-likeness (QED) is 0.101. The lowest BCUT2D eigenvalue weighted by atomic mass is 9.95. The largest absolute Gasteiger partial charge is 0.309 e. The normalized spacial score (nSPS) is 11.8. The summed E-state index contributed by atoms with van der Waals surface area (Å²) < 4.78 is 5.08. The predicted molar refractivity (Wildman–Crippen MR) is 295 cm³/mol. The molecule has 3 heteroatoms. The van der Waals surface area contributed by atoms with Crippen molar-refractivity contribution in [3.8, 4) is 44.8 Å². The molecule has 69 heavy (non-hydrogen) atoms. The topological polar surface area (TPSA) is 9.86 Å². The van der Waals surface area contributed by atoms with Crippen LogP contribution in [0.5, 0.6) is 0 Å². The van der Waals surface area contributed by atoms with E-state index < -0.39 is 8.07 Å². The summed E-state index contributed by atoms with van der Waals surface area (Å²) in [5.74, 6) is 0. The summed E-state index contributed by atoms with van der Waals surface area (Å²) in [5.41, 5.74) is 14.1. The van der Waals surface area contributed by atoms with E-state index in [0.717, 1.165) is 16.9 Å². The van der Waals surface area contributed by atoms with E-state index in [9.17, 15) is 0 Å². The second kappa shape index (κ2) is 16.8. The van der Waals surface area contributed by atoms with Crippen LogP contribution in [-0.2, 0) is 0 Å². The number of rotatable bonds is 9. The molecule has 0 bridgehead atoms. The fraction of sp³-hybridized carbons (Fsp3) is 0. The minimum Gasteiger partial charge on any atom is -0.309 e. The molecule has 0 N–H and O–H groups in total. The molecule has 2 aromatic heterocycles. The number of benzene rings is 11. The number of nitrogens with zero attached hydrogens (tertiary/aromatic N) is 2. The van der Waals surface area contributed by atoms with Crippen LogP contribution < -0.4 is 20.7 Å². The zero-order valence-corrected chi connectivity index (χ0v) is 39.0. The van der Waals surface area contributed by atoms with Crippen LogP contribution in [0.25, 0.3) is 88.4 Å². The smallest absolute Gasteiger partial charge is 0.180 e. The Balaban J connectivity index is 1.21. The molecule has 0 spiro atoms. The molecule has 0 radical (unpaired) electrons. The highest BCUT2D eigenvalue weighted by Crippen LogP contribution is 2.43. The second-order valence-corrected chi connectivity index (χ2v) is 21.7. The summed E-state index contributed by atoms with van der Waals surface area (Å²) >= 11 is 0. The van der Waals surface area contributed by atoms with Gasteiger partial charge < -0.3 is 9.13 Å². The van der Waals surface area contributed by atoms with E-state index in [1.807, 2.05) is 0 Å². The molecule has 324 valence electrons. The Kier molecular flexibility index (Phi) is 9.88. The van der Waals surface area contributed by atoms with E-state index in [2.05, 4.69) is 288 Å². The van der Waals surface area contributed by atoms with Crippen molar-refractivity contribution in [1.29, 1.82) is 0 Å². The van der Waals surface area contributed by atoms with Crippen LogP contribution >= 0.6 is 0 Å². The molecule has 2 nitrogen and oxygen atoms in total. The van der Waals surface area contributed by atoms with Crippen LogP contribution in [-0.4, -0.2) is 17.2 Å². The van der Waals surface area contributed by atoms with E-state index in [-0.39, 0.29) is 0 Å². The van der Waals surface area contributed by atoms with E-state index in [4.69, 9.17) is 0 Å². The van der Waals surface area contributed by atoms with Gasteiger partial charge in [0, 0.05) is 38.4 Å². The minimum absolute atomic E-state index is 1.12. The second-order valence-electron chi connectivity index (χ2n) is 18.0. The maximum absolute atomic E-state index is 3.06. The van der Waals surface area contributed by atoms with Crippen molar-refractivity contribution in [1.82, 2.24) is 9.13 Å². The number of hydrogen-bond donors (Lipinski definition) is 0. The molecule has 0 unspecified atom stereocenters. The van der Waals surface area contributed by atoms with Crippen molar-refractivity contribution in [2.24, 2.45) is 0 Å². The van der Waals surface area contributed by atoms with Crippen molar-refractivity contribution >= 4 is 72.4 Å². The van der Waals surface area contributed by atoms with Crippen LogP contribution in [0.4, 0.5) is 0 Å². The van der Waals surface area contributed by atoms with Gasteiger partial charge >= 0.3 is 0 Å². The highest BCUT2D eigenvalue weighted by molar-refractivity contribution is 7.20. The summed E-state index contributed by atoms with van der Waals surface area (Å²) in [5, 5.41) is 10.4. The maximum atomic E-state index is 2.59. The third-order valence-corrected chi connectivity index (χ3v) is 19.1. The van der Waals surface area contributed by atoms with Gasteiger partial charge in [-0.25, -0.2) is 0 Å². The molecule has 0 aliphatic carbocycles. The Morgan fingerprint density at radius 2 is 0.725 bits per heavy atom. The third kappa shape index (κ3) is 6.54. The van der Waals surface area contributed by atoms with Gasteiger partial charge in [0.1, 0.15) is 0 Å². The van der Waals surface area contributed by atoms with E-state index in [0.29, 0.717) is 0 Å². The SMILES string of the molecule is c1ccc(-c2ccc3c4ccccc4n(-c4ccc5c(c4)c4c([Si](c6ccccc6)(c6ccccc6)c6ccccc6)cccc4n5-c4c(-c5ccccc5)cccc4-c4ccccc4)c3c2)cc1. The summed E-state index contributed by atoms with van der Waals surface area (Å²) in [6, 6.07) is 104. The number of hydrogen-bond acceptors (Lipinski definition) is 0. The lowest BCUT2D eigenvalue weighted by molar-refractivity contribution is 1.17. The summed E-state index contributed by atoms with van der Waals surface area (Å²) in [6.07, 6.45) is 0. The van der Waals surface area contributed by atoms with E-state index in [1.54, 1.807) is 0 Å². The highest BCUT2D eigenvalue weighted by Gasteiger charge is 2.43. The fourth-order valence-corrected chi connectivity index (χ4v) is 16.3. The fourth-order valence-electron chi connectivity index (χ4n) is 11.3. The average Bonchev–Trinajstić information content (AvgIpc) is 3.95. The van der Waals surface area contributed by atoms with Gasteiger partial charge in [0.2, 0.25) is 0 Å². The summed E-state index contributed by atoms with van der Waals surface area (Å²) in [7, 11) is -3.06. The van der Waals surface area contributed by atoms with Gasteiger partial charge in [0.05, 0.1) is 27.8 Å². The molecule has 0 amide bonds. The molecule has 0 saturated carbocycles. The number of fused-ring (bicyclic) bond motifs is 6. The Bertz CT molecular complexity index is 3820. The van der Waals surface area contributed by atoms with Gasteiger partial charge in [-0.15, -0.1) is 0 Å². The first-order chi connectivity index (χ1) is 34.3.